The van der Waals surface area contributed by atoms with E-state index in [-0.39, 0.29) is 40.8 Å². The molecular weight excluding hydrogens is 400 g/mol. The minimum absolute atomic E-state index is 0.0402. The Morgan fingerprint density at radius 3 is 2.14 bits per heavy atom. The SMILES string of the molecule is COc1ccc(C(=O)CCC(=O)c2ccc3c(c2)SC(F)(F)C(F)(F)O3)cc1. The second-order valence-corrected chi connectivity index (χ2v) is 7.13. The number of methoxy groups -OCH3 is 1. The number of benzene rings is 2. The van der Waals surface area contributed by atoms with Crippen LogP contribution in [-0.4, -0.2) is 30.0 Å². The third-order valence-electron chi connectivity index (χ3n) is 4.07. The van der Waals surface area contributed by atoms with Crippen molar-refractivity contribution < 1.29 is 36.6 Å². The van der Waals surface area contributed by atoms with E-state index in [0.29, 0.717) is 11.3 Å². The van der Waals surface area contributed by atoms with E-state index in [1.165, 1.54) is 13.2 Å². The van der Waals surface area contributed by atoms with Crippen LogP contribution >= 0.6 is 11.8 Å². The zero-order chi connectivity index (χ0) is 20.5. The van der Waals surface area contributed by atoms with Crippen LogP contribution in [0.5, 0.6) is 11.5 Å². The highest BCUT2D eigenvalue weighted by molar-refractivity contribution is 8.00. The standard InChI is InChI=1S/C19H14F4O4S/c1-26-13-5-2-11(3-6-13)14(24)7-8-15(25)12-4-9-16-17(10-12)28-19(22,23)18(20,21)27-16/h2-6,9-10H,7-8H2,1H3. The van der Waals surface area contributed by atoms with Crippen molar-refractivity contribution in [1.82, 2.24) is 0 Å². The van der Waals surface area contributed by atoms with Crippen LogP contribution in [0.3, 0.4) is 0 Å². The number of thioether (sulfide) groups is 1. The number of rotatable bonds is 6. The van der Waals surface area contributed by atoms with Crippen LogP contribution in [-0.2, 0) is 0 Å². The molecule has 1 aliphatic heterocycles. The highest BCUT2D eigenvalue weighted by atomic mass is 32.2. The highest BCUT2D eigenvalue weighted by Gasteiger charge is 2.63. The first-order chi connectivity index (χ1) is 13.1. The van der Waals surface area contributed by atoms with Crippen molar-refractivity contribution in [3.8, 4) is 11.5 Å². The molecule has 28 heavy (non-hydrogen) atoms. The Kier molecular flexibility index (Phi) is 5.38. The van der Waals surface area contributed by atoms with E-state index in [0.717, 1.165) is 12.1 Å². The Morgan fingerprint density at radius 2 is 1.54 bits per heavy atom. The molecule has 9 heteroatoms. The molecule has 2 aromatic rings. The first-order valence-corrected chi connectivity index (χ1v) is 8.93. The lowest BCUT2D eigenvalue weighted by Crippen LogP contribution is -2.45. The zero-order valence-electron chi connectivity index (χ0n) is 14.5. The largest absolute Gasteiger partial charge is 0.497 e. The van der Waals surface area contributed by atoms with Gasteiger partial charge in [0.05, 0.1) is 12.0 Å². The van der Waals surface area contributed by atoms with Crippen LogP contribution in [0.2, 0.25) is 0 Å². The molecule has 0 radical (unpaired) electrons. The molecule has 0 atom stereocenters. The van der Waals surface area contributed by atoms with E-state index in [1.54, 1.807) is 24.3 Å². The monoisotopic (exact) mass is 414 g/mol. The molecule has 0 aliphatic carbocycles. The molecule has 1 heterocycles. The van der Waals surface area contributed by atoms with Crippen molar-refractivity contribution in [3.63, 3.8) is 0 Å². The number of hydrogen-bond acceptors (Lipinski definition) is 5. The zero-order valence-corrected chi connectivity index (χ0v) is 15.3. The van der Waals surface area contributed by atoms with Crippen molar-refractivity contribution in [2.75, 3.05) is 7.11 Å². The van der Waals surface area contributed by atoms with E-state index in [9.17, 15) is 27.2 Å². The molecule has 148 valence electrons. The number of hydrogen-bond donors (Lipinski definition) is 0. The van der Waals surface area contributed by atoms with E-state index in [2.05, 4.69) is 4.74 Å². The lowest BCUT2D eigenvalue weighted by molar-refractivity contribution is -0.273. The number of alkyl halides is 4. The summed E-state index contributed by atoms with van der Waals surface area (Å²) in [5.41, 5.74) is 0.447. The molecular formula is C19H14F4O4S. The summed E-state index contributed by atoms with van der Waals surface area (Å²) in [7, 11) is 1.49. The lowest BCUT2D eigenvalue weighted by atomic mass is 10.0. The quantitative estimate of drug-likeness (QED) is 0.480. The van der Waals surface area contributed by atoms with E-state index in [4.69, 9.17) is 4.74 Å². The fourth-order valence-electron chi connectivity index (χ4n) is 2.53. The second kappa shape index (κ2) is 7.46. The number of Topliss-reactive ketones (excluding diaryl/α,β-unsaturated/α-hetero) is 2. The number of ether oxygens (including phenoxy) is 2. The van der Waals surface area contributed by atoms with Gasteiger partial charge in [-0.25, -0.2) is 0 Å². The third-order valence-corrected chi connectivity index (χ3v) is 5.10. The van der Waals surface area contributed by atoms with Gasteiger partial charge in [0.15, 0.2) is 11.6 Å². The van der Waals surface area contributed by atoms with Crippen molar-refractivity contribution in [2.45, 2.75) is 29.1 Å². The normalized spacial score (nSPS) is 16.6. The lowest BCUT2D eigenvalue weighted by Gasteiger charge is -2.31. The van der Waals surface area contributed by atoms with Gasteiger partial charge in [-0.15, -0.1) is 0 Å². The summed E-state index contributed by atoms with van der Waals surface area (Å²) in [4.78, 5) is 24.2. The number of carbonyl (C=O) groups excluding carboxylic acids is 2. The Bertz CT molecular complexity index is 913. The van der Waals surface area contributed by atoms with Gasteiger partial charge in [-0.2, -0.15) is 17.6 Å². The molecule has 4 nitrogen and oxygen atoms in total. The van der Waals surface area contributed by atoms with Crippen LogP contribution < -0.4 is 9.47 Å². The average molecular weight is 414 g/mol. The smallest absolute Gasteiger partial charge is 0.475 e. The summed E-state index contributed by atoms with van der Waals surface area (Å²) < 4.78 is 62.4. The maximum atomic E-state index is 13.4. The predicted octanol–water partition coefficient (Wildman–Crippen LogP) is 5.21. The molecule has 0 N–H and O–H groups in total. The molecule has 0 aromatic heterocycles. The third kappa shape index (κ3) is 3.99. The number of carbonyl (C=O) groups is 2. The van der Waals surface area contributed by atoms with E-state index >= 15 is 0 Å². The van der Waals surface area contributed by atoms with Gasteiger partial charge in [0.25, 0.3) is 0 Å². The topological polar surface area (TPSA) is 52.6 Å². The fourth-order valence-corrected chi connectivity index (χ4v) is 3.37. The number of halogens is 4. The van der Waals surface area contributed by atoms with Gasteiger partial charge in [-0.3, -0.25) is 9.59 Å². The highest BCUT2D eigenvalue weighted by Crippen LogP contribution is 2.54. The van der Waals surface area contributed by atoms with Crippen molar-refractivity contribution in [3.05, 3.63) is 53.6 Å². The maximum Gasteiger partial charge on any atom is 0.475 e. The number of fused-ring (bicyclic) bond motifs is 1. The molecule has 0 saturated heterocycles. The molecule has 0 saturated carbocycles. The Hall–Kier alpha value is -2.55. The van der Waals surface area contributed by atoms with Crippen molar-refractivity contribution in [2.24, 2.45) is 0 Å². The summed E-state index contributed by atoms with van der Waals surface area (Å²) in [5, 5.41) is -4.45. The Morgan fingerprint density at radius 1 is 0.964 bits per heavy atom. The van der Waals surface area contributed by atoms with Crippen LogP contribution in [0, 0.1) is 0 Å². The van der Waals surface area contributed by atoms with Gasteiger partial charge < -0.3 is 9.47 Å². The summed E-state index contributed by atoms with van der Waals surface area (Å²) in [6, 6.07) is 9.70. The van der Waals surface area contributed by atoms with Crippen LogP contribution in [0.25, 0.3) is 0 Å². The van der Waals surface area contributed by atoms with Gasteiger partial charge in [-0.1, -0.05) is 0 Å². The number of ketones is 2. The van der Waals surface area contributed by atoms with Crippen molar-refractivity contribution in [1.29, 1.82) is 0 Å². The summed E-state index contributed by atoms with van der Waals surface area (Å²) in [6.07, 6.45) is -4.87. The molecule has 0 bridgehead atoms. The first kappa shape index (κ1) is 20.2. The molecule has 0 amide bonds. The second-order valence-electron chi connectivity index (χ2n) is 5.97. The Balaban J connectivity index is 1.67. The van der Waals surface area contributed by atoms with Gasteiger partial charge in [0, 0.05) is 24.0 Å². The Labute approximate surface area is 161 Å². The van der Waals surface area contributed by atoms with E-state index < -0.39 is 22.9 Å². The minimum atomic E-state index is -4.64. The van der Waals surface area contributed by atoms with Crippen molar-refractivity contribution >= 4 is 23.3 Å². The molecule has 0 spiro atoms. The molecule has 0 fully saturated rings. The minimum Gasteiger partial charge on any atom is -0.497 e. The first-order valence-electron chi connectivity index (χ1n) is 8.11. The fraction of sp³-hybridized carbons (Fsp3) is 0.263. The van der Waals surface area contributed by atoms with E-state index in [1.807, 2.05) is 0 Å². The van der Waals surface area contributed by atoms with Crippen LogP contribution in [0.15, 0.2) is 47.4 Å². The van der Waals surface area contributed by atoms with Gasteiger partial charge in [0.1, 0.15) is 11.5 Å². The summed E-state index contributed by atoms with van der Waals surface area (Å²) in [5.74, 6) is -0.570. The molecule has 0 unspecified atom stereocenters. The molecule has 1 aliphatic rings. The maximum absolute atomic E-state index is 13.4. The predicted molar refractivity (Wildman–Crippen MR) is 93.7 cm³/mol. The summed E-state index contributed by atoms with van der Waals surface area (Å²) >= 11 is -0.362. The summed E-state index contributed by atoms with van der Waals surface area (Å²) in [6.45, 7) is 0. The molecule has 3 rings (SSSR count). The van der Waals surface area contributed by atoms with Gasteiger partial charge in [0.2, 0.25) is 0 Å². The average Bonchev–Trinajstić information content (AvgIpc) is 2.66. The van der Waals surface area contributed by atoms with Gasteiger partial charge >= 0.3 is 11.4 Å². The molecule has 2 aromatic carbocycles. The van der Waals surface area contributed by atoms with Crippen LogP contribution in [0.4, 0.5) is 17.6 Å². The van der Waals surface area contributed by atoms with Gasteiger partial charge in [-0.05, 0) is 54.2 Å². The van der Waals surface area contributed by atoms with Crippen LogP contribution in [0.1, 0.15) is 33.6 Å².